The van der Waals surface area contributed by atoms with Crippen molar-refractivity contribution in [1.82, 2.24) is 14.3 Å². The summed E-state index contributed by atoms with van der Waals surface area (Å²) in [4.78, 5) is 15.6. The molecule has 2 heterocycles. The highest BCUT2D eigenvalue weighted by Crippen LogP contribution is 2.29. The predicted octanol–water partition coefficient (Wildman–Crippen LogP) is 2.43. The Labute approximate surface area is 163 Å². The molecule has 0 radical (unpaired) electrons. The number of nitrogens with one attached hydrogen (secondary N) is 2. The maximum Gasteiger partial charge on any atom is 0.404 e. The van der Waals surface area contributed by atoms with Crippen LogP contribution >= 0.6 is 11.6 Å². The lowest BCUT2D eigenvalue weighted by molar-refractivity contribution is -0.147. The Balaban J connectivity index is 2.35. The number of rotatable bonds is 5. The van der Waals surface area contributed by atoms with Gasteiger partial charge in [-0.3, -0.25) is 4.79 Å². The molecular formula is C15H13ClF3N5O3S. The maximum atomic E-state index is 12.7. The fourth-order valence-electron chi connectivity index (χ4n) is 2.12. The van der Waals surface area contributed by atoms with Gasteiger partial charge in [-0.15, -0.1) is 0 Å². The zero-order valence-corrected chi connectivity index (χ0v) is 15.9. The number of hydrogen-bond acceptors (Lipinski definition) is 5. The van der Waals surface area contributed by atoms with E-state index >= 15 is 0 Å². The zero-order valence-electron chi connectivity index (χ0n) is 14.4. The number of amides is 1. The number of aryl methyl sites for hydroxylation is 1. The summed E-state index contributed by atoms with van der Waals surface area (Å²) >= 11 is 5.98. The van der Waals surface area contributed by atoms with Crippen LogP contribution in [0.15, 0.2) is 29.3 Å². The first-order valence-electron chi connectivity index (χ1n) is 7.49. The fraction of sp³-hybridized carbons (Fsp3) is 0.267. The first kappa shape index (κ1) is 21.7. The number of nitriles is 1. The third-order valence-corrected chi connectivity index (χ3v) is 5.57. The Morgan fingerprint density at radius 2 is 2.04 bits per heavy atom. The van der Waals surface area contributed by atoms with Gasteiger partial charge in [0, 0.05) is 13.2 Å². The lowest BCUT2D eigenvalue weighted by Crippen LogP contribution is -2.42. The van der Waals surface area contributed by atoms with Gasteiger partial charge in [-0.25, -0.2) is 13.4 Å². The van der Waals surface area contributed by atoms with Gasteiger partial charge in [0.25, 0.3) is 5.91 Å². The summed E-state index contributed by atoms with van der Waals surface area (Å²) in [6, 6.07) is 3.69. The summed E-state index contributed by atoms with van der Waals surface area (Å²) in [6.07, 6.45) is -3.88. The van der Waals surface area contributed by atoms with Crippen molar-refractivity contribution in [2.45, 2.75) is 24.0 Å². The number of nitrogens with zero attached hydrogens (tertiary/aromatic N) is 3. The first-order chi connectivity index (χ1) is 12.9. The monoisotopic (exact) mass is 435 g/mol. The Morgan fingerprint density at radius 3 is 2.61 bits per heavy atom. The normalized spacial score (nSPS) is 13.0. The smallest absolute Gasteiger partial charge is 0.344 e. The van der Waals surface area contributed by atoms with E-state index in [1.165, 1.54) is 30.0 Å². The molecule has 2 N–H and O–H groups in total. The van der Waals surface area contributed by atoms with E-state index < -0.39 is 38.1 Å². The second-order valence-corrected chi connectivity index (χ2v) is 7.69. The van der Waals surface area contributed by atoms with Crippen LogP contribution in [0.5, 0.6) is 0 Å². The molecule has 0 aliphatic heterocycles. The van der Waals surface area contributed by atoms with Gasteiger partial charge < -0.3 is 9.88 Å². The third-order valence-electron chi connectivity index (χ3n) is 3.52. The highest BCUT2D eigenvalue weighted by atomic mass is 35.5. The van der Waals surface area contributed by atoms with Crippen molar-refractivity contribution in [1.29, 1.82) is 5.26 Å². The van der Waals surface area contributed by atoms with E-state index in [-0.39, 0.29) is 17.2 Å². The molecule has 1 amide bonds. The van der Waals surface area contributed by atoms with E-state index in [1.807, 2.05) is 0 Å². The van der Waals surface area contributed by atoms with Crippen LogP contribution in [-0.4, -0.2) is 36.1 Å². The van der Waals surface area contributed by atoms with Gasteiger partial charge >= 0.3 is 6.18 Å². The van der Waals surface area contributed by atoms with Gasteiger partial charge in [0.1, 0.15) is 34.2 Å². The summed E-state index contributed by atoms with van der Waals surface area (Å²) in [5.74, 6) is -0.852. The summed E-state index contributed by atoms with van der Waals surface area (Å²) in [5, 5.41) is 10.6. The fourth-order valence-corrected chi connectivity index (χ4v) is 4.05. The van der Waals surface area contributed by atoms with Crippen LogP contribution in [0.3, 0.4) is 0 Å². The van der Waals surface area contributed by atoms with Gasteiger partial charge in [-0.2, -0.15) is 23.2 Å². The quantitative estimate of drug-likeness (QED) is 0.748. The van der Waals surface area contributed by atoms with Crippen LogP contribution in [0.1, 0.15) is 23.1 Å². The van der Waals surface area contributed by atoms with Gasteiger partial charge in [0.2, 0.25) is 10.0 Å². The van der Waals surface area contributed by atoms with Crippen molar-refractivity contribution >= 4 is 33.3 Å². The molecule has 8 nitrogen and oxygen atoms in total. The molecule has 0 spiro atoms. The molecule has 2 rings (SSSR count). The Hall–Kier alpha value is -2.62. The van der Waals surface area contributed by atoms with Gasteiger partial charge in [0.05, 0.1) is 5.02 Å². The minimum absolute atomic E-state index is 0.00884. The minimum atomic E-state index is -4.80. The molecule has 0 aliphatic carbocycles. The Bertz CT molecular complexity index is 1060. The Kier molecular flexibility index (Phi) is 6.03. The topological polar surface area (TPSA) is 117 Å². The highest BCUT2D eigenvalue weighted by molar-refractivity contribution is 7.89. The van der Waals surface area contributed by atoms with Crippen LogP contribution in [0.2, 0.25) is 5.02 Å². The number of carbonyl (C=O) groups excluding carboxylic acids is 1. The molecule has 0 aliphatic rings. The van der Waals surface area contributed by atoms with Crippen LogP contribution < -0.4 is 10.0 Å². The molecule has 13 heteroatoms. The summed E-state index contributed by atoms with van der Waals surface area (Å²) in [7, 11) is -3.36. The van der Waals surface area contributed by atoms with Crippen LogP contribution in [0.4, 0.5) is 19.0 Å². The summed E-state index contributed by atoms with van der Waals surface area (Å²) in [6.45, 7) is 0.635. The number of aromatic nitrogens is 2. The molecule has 1 atom stereocenters. The van der Waals surface area contributed by atoms with E-state index in [0.717, 1.165) is 10.8 Å². The summed E-state index contributed by atoms with van der Waals surface area (Å²) in [5.41, 5.74) is -0.282. The second-order valence-electron chi connectivity index (χ2n) is 5.63. The number of alkyl halides is 3. The Morgan fingerprint density at radius 1 is 1.39 bits per heavy atom. The number of anilines is 1. The van der Waals surface area contributed by atoms with Crippen LogP contribution in [-0.2, 0) is 17.1 Å². The molecule has 0 bridgehead atoms. The van der Waals surface area contributed by atoms with E-state index in [2.05, 4.69) is 10.3 Å². The largest absolute Gasteiger partial charge is 0.404 e. The maximum absolute atomic E-state index is 12.7. The minimum Gasteiger partial charge on any atom is -0.344 e. The summed E-state index contributed by atoms with van der Waals surface area (Å²) < 4.78 is 65.0. The predicted molar refractivity (Wildman–Crippen MR) is 93.2 cm³/mol. The molecule has 0 unspecified atom stereocenters. The van der Waals surface area contributed by atoms with Gasteiger partial charge in [0.15, 0.2) is 0 Å². The number of pyridine rings is 1. The lowest BCUT2D eigenvalue weighted by Gasteiger charge is -2.16. The molecule has 0 saturated heterocycles. The van der Waals surface area contributed by atoms with Crippen molar-refractivity contribution in [3.8, 4) is 6.07 Å². The van der Waals surface area contributed by atoms with E-state index in [1.54, 1.807) is 6.07 Å². The molecule has 0 aromatic carbocycles. The SMILES string of the molecule is C[C@@H](NS(=O)(=O)c1cn(C)c(C(=O)Nc2cccc(C#N)n2)c1Cl)C(F)(F)F. The average Bonchev–Trinajstić information content (AvgIpc) is 2.89. The first-order valence-corrected chi connectivity index (χ1v) is 9.35. The lowest BCUT2D eigenvalue weighted by atomic mass is 10.3. The molecule has 0 fully saturated rings. The standard InChI is InChI=1S/C15H13ClF3N5O3S/c1-8(15(17,18)19)23-28(26,27)10-7-24(2)13(12(10)16)14(25)22-11-5-3-4-9(6-20)21-11/h3-5,7-8,23H,1-2H3,(H,21,22,25)/t8-/m1/s1. The van der Waals surface area contributed by atoms with E-state index in [0.29, 0.717) is 6.92 Å². The van der Waals surface area contributed by atoms with Gasteiger partial charge in [-0.1, -0.05) is 17.7 Å². The third kappa shape index (κ3) is 4.61. The molecule has 28 heavy (non-hydrogen) atoms. The van der Waals surface area contributed by atoms with Gasteiger partial charge in [-0.05, 0) is 19.1 Å². The van der Waals surface area contributed by atoms with E-state index in [4.69, 9.17) is 16.9 Å². The van der Waals surface area contributed by atoms with Crippen molar-refractivity contribution in [3.63, 3.8) is 0 Å². The highest BCUT2D eigenvalue weighted by Gasteiger charge is 2.40. The molecule has 0 saturated carbocycles. The van der Waals surface area contributed by atoms with Crippen molar-refractivity contribution in [2.75, 3.05) is 5.32 Å². The van der Waals surface area contributed by atoms with Crippen molar-refractivity contribution in [3.05, 3.63) is 40.8 Å². The van der Waals surface area contributed by atoms with Crippen molar-refractivity contribution < 1.29 is 26.4 Å². The van der Waals surface area contributed by atoms with Crippen LogP contribution in [0.25, 0.3) is 0 Å². The molecule has 2 aromatic heterocycles. The van der Waals surface area contributed by atoms with Crippen molar-refractivity contribution in [2.24, 2.45) is 7.05 Å². The zero-order chi connectivity index (χ0) is 21.3. The number of halogens is 4. The number of carbonyl (C=O) groups is 1. The molecule has 150 valence electrons. The van der Waals surface area contributed by atoms with E-state index in [9.17, 15) is 26.4 Å². The second kappa shape index (κ2) is 7.78. The number of hydrogen-bond donors (Lipinski definition) is 2. The van der Waals surface area contributed by atoms with Crippen LogP contribution in [0, 0.1) is 11.3 Å². The molecule has 2 aromatic rings. The average molecular weight is 436 g/mol. The number of sulfonamides is 1. The molecular weight excluding hydrogens is 423 g/mol.